The number of aliphatic hydroxyl groups is 1. The number of nitrogens with one attached hydrogen (secondary N) is 1. The summed E-state index contributed by atoms with van der Waals surface area (Å²) in [6.45, 7) is 7.60. The van der Waals surface area contributed by atoms with E-state index >= 15 is 0 Å². The molecule has 0 radical (unpaired) electrons. The van der Waals surface area contributed by atoms with Gasteiger partial charge >= 0.3 is 0 Å². The molecule has 0 fully saturated rings. The monoisotopic (exact) mass is 233 g/mol. The Labute approximate surface area is 104 Å². The van der Waals surface area contributed by atoms with Crippen molar-refractivity contribution in [3.05, 3.63) is 41.5 Å². The average molecular weight is 233 g/mol. The summed E-state index contributed by atoms with van der Waals surface area (Å²) in [4.78, 5) is 0. The molecule has 0 aliphatic carbocycles. The number of hydrogen-bond acceptors (Lipinski definition) is 2. The van der Waals surface area contributed by atoms with Crippen molar-refractivity contribution < 1.29 is 5.11 Å². The third-order valence-corrected chi connectivity index (χ3v) is 2.41. The van der Waals surface area contributed by atoms with Crippen LogP contribution in [0.4, 0.5) is 0 Å². The minimum absolute atomic E-state index is 0.152. The molecule has 0 saturated heterocycles. The van der Waals surface area contributed by atoms with Gasteiger partial charge < -0.3 is 10.4 Å². The van der Waals surface area contributed by atoms with E-state index in [1.807, 2.05) is 12.2 Å². The highest BCUT2D eigenvalue weighted by Gasteiger charge is 2.07. The van der Waals surface area contributed by atoms with Crippen molar-refractivity contribution in [2.75, 3.05) is 6.61 Å². The highest BCUT2D eigenvalue weighted by molar-refractivity contribution is 5.49. The van der Waals surface area contributed by atoms with Gasteiger partial charge in [-0.3, -0.25) is 0 Å². The van der Waals surface area contributed by atoms with E-state index in [1.54, 1.807) is 0 Å². The molecule has 2 nitrogen and oxygen atoms in total. The van der Waals surface area contributed by atoms with Gasteiger partial charge in [0.25, 0.3) is 0 Å². The van der Waals surface area contributed by atoms with Crippen molar-refractivity contribution in [3.8, 4) is 0 Å². The van der Waals surface area contributed by atoms with Crippen molar-refractivity contribution in [2.24, 2.45) is 0 Å². The highest BCUT2D eigenvalue weighted by atomic mass is 16.2. The van der Waals surface area contributed by atoms with Crippen LogP contribution in [0.3, 0.4) is 0 Å². The van der Waals surface area contributed by atoms with Crippen LogP contribution in [0.2, 0.25) is 0 Å². The summed E-state index contributed by atoms with van der Waals surface area (Å²) >= 11 is 0. The van der Waals surface area contributed by atoms with Crippen LogP contribution in [0.1, 0.15) is 38.3 Å². The Morgan fingerprint density at radius 2 is 1.82 bits per heavy atom. The van der Waals surface area contributed by atoms with E-state index in [0.717, 1.165) is 6.54 Å². The molecule has 0 unspecified atom stereocenters. The first-order valence-corrected chi connectivity index (χ1v) is 6.12. The summed E-state index contributed by atoms with van der Waals surface area (Å²) in [7, 11) is 0. The lowest BCUT2D eigenvalue weighted by molar-refractivity contribution is 0.303. The maximum atomic E-state index is 8.68. The Bertz CT molecular complexity index is 346. The van der Waals surface area contributed by atoms with Crippen LogP contribution in [0.15, 0.2) is 30.3 Å². The van der Waals surface area contributed by atoms with Crippen molar-refractivity contribution in [1.82, 2.24) is 5.32 Å². The van der Waals surface area contributed by atoms with Gasteiger partial charge in [-0.15, -0.1) is 0 Å². The summed E-state index contributed by atoms with van der Waals surface area (Å²) in [5.41, 5.74) is 2.62. The summed E-state index contributed by atoms with van der Waals surface area (Å²) in [5.74, 6) is 0. The van der Waals surface area contributed by atoms with Gasteiger partial charge in [0.15, 0.2) is 0 Å². The molecule has 1 aromatic rings. The van der Waals surface area contributed by atoms with Crippen molar-refractivity contribution in [3.63, 3.8) is 0 Å². The molecule has 17 heavy (non-hydrogen) atoms. The fraction of sp³-hybridized carbons (Fsp3) is 0.467. The topological polar surface area (TPSA) is 32.3 Å². The Balaban J connectivity index is 2.50. The van der Waals surface area contributed by atoms with Gasteiger partial charge in [-0.1, -0.05) is 36.4 Å². The van der Waals surface area contributed by atoms with Gasteiger partial charge in [-0.2, -0.15) is 0 Å². The van der Waals surface area contributed by atoms with Gasteiger partial charge in [-0.25, -0.2) is 0 Å². The fourth-order valence-electron chi connectivity index (χ4n) is 1.41. The van der Waals surface area contributed by atoms with Crippen LogP contribution in [0.25, 0.3) is 6.08 Å². The highest BCUT2D eigenvalue weighted by Crippen LogP contribution is 2.08. The quantitative estimate of drug-likeness (QED) is 0.819. The Hall–Kier alpha value is -1.12. The molecule has 2 heteroatoms. The Morgan fingerprint density at radius 3 is 2.35 bits per heavy atom. The second kappa shape index (κ2) is 6.58. The minimum atomic E-state index is 0.152. The maximum Gasteiger partial charge on any atom is 0.0465 e. The Kier molecular flexibility index (Phi) is 5.39. The van der Waals surface area contributed by atoms with Crippen molar-refractivity contribution in [2.45, 2.75) is 39.3 Å². The minimum Gasteiger partial charge on any atom is -0.396 e. The second-order valence-corrected chi connectivity index (χ2v) is 5.26. The standard InChI is InChI=1S/C15H23NO/c1-15(2,3)16-12-14-9-7-13(8-10-14)6-4-5-11-17/h4,6-10,16-17H,5,11-12H2,1-3H3. The zero-order valence-electron chi connectivity index (χ0n) is 11.0. The molecule has 1 aromatic carbocycles. The predicted molar refractivity (Wildman–Crippen MR) is 73.8 cm³/mol. The van der Waals surface area contributed by atoms with Gasteiger partial charge in [0, 0.05) is 18.7 Å². The summed E-state index contributed by atoms with van der Waals surface area (Å²) in [6.07, 6.45) is 4.74. The van der Waals surface area contributed by atoms with Crippen molar-refractivity contribution in [1.29, 1.82) is 0 Å². The van der Waals surface area contributed by atoms with E-state index in [9.17, 15) is 0 Å². The van der Waals surface area contributed by atoms with Crippen LogP contribution in [0.5, 0.6) is 0 Å². The Morgan fingerprint density at radius 1 is 1.18 bits per heavy atom. The van der Waals surface area contributed by atoms with E-state index in [2.05, 4.69) is 50.4 Å². The third-order valence-electron chi connectivity index (χ3n) is 2.41. The molecular formula is C15H23NO. The predicted octanol–water partition coefficient (Wildman–Crippen LogP) is 2.97. The third kappa shape index (κ3) is 6.25. The summed E-state index contributed by atoms with van der Waals surface area (Å²) < 4.78 is 0. The van der Waals surface area contributed by atoms with E-state index in [-0.39, 0.29) is 12.1 Å². The van der Waals surface area contributed by atoms with Gasteiger partial charge in [0.2, 0.25) is 0 Å². The maximum absolute atomic E-state index is 8.68. The SMILES string of the molecule is CC(C)(C)NCc1ccc(C=CCCO)cc1. The number of hydrogen-bond donors (Lipinski definition) is 2. The van der Waals surface area contributed by atoms with Gasteiger partial charge in [0.1, 0.15) is 0 Å². The molecule has 0 bridgehead atoms. The lowest BCUT2D eigenvalue weighted by Gasteiger charge is -2.20. The normalized spacial score (nSPS) is 12.2. The largest absolute Gasteiger partial charge is 0.396 e. The molecule has 0 saturated carbocycles. The number of aliphatic hydroxyl groups excluding tert-OH is 1. The van der Waals surface area contributed by atoms with E-state index in [4.69, 9.17) is 5.11 Å². The molecule has 0 aromatic heterocycles. The van der Waals surface area contributed by atoms with E-state index in [1.165, 1.54) is 11.1 Å². The molecule has 0 spiro atoms. The molecule has 0 heterocycles. The molecule has 0 aliphatic heterocycles. The zero-order chi connectivity index (χ0) is 12.7. The van der Waals surface area contributed by atoms with Crippen LogP contribution in [-0.2, 0) is 6.54 Å². The molecule has 2 N–H and O–H groups in total. The lowest BCUT2D eigenvalue weighted by atomic mass is 10.1. The molecule has 1 rings (SSSR count). The lowest BCUT2D eigenvalue weighted by Crippen LogP contribution is -2.35. The number of benzene rings is 1. The van der Waals surface area contributed by atoms with E-state index in [0.29, 0.717) is 6.42 Å². The average Bonchev–Trinajstić information content (AvgIpc) is 2.27. The molecule has 94 valence electrons. The second-order valence-electron chi connectivity index (χ2n) is 5.26. The molecular weight excluding hydrogens is 210 g/mol. The first-order valence-electron chi connectivity index (χ1n) is 6.12. The molecule has 0 amide bonds. The number of rotatable bonds is 5. The summed E-state index contributed by atoms with van der Waals surface area (Å²) in [5, 5.41) is 12.1. The first kappa shape index (κ1) is 13.9. The van der Waals surface area contributed by atoms with E-state index < -0.39 is 0 Å². The zero-order valence-corrected chi connectivity index (χ0v) is 11.0. The van der Waals surface area contributed by atoms with Crippen LogP contribution in [0, 0.1) is 0 Å². The smallest absolute Gasteiger partial charge is 0.0465 e. The van der Waals surface area contributed by atoms with Gasteiger partial charge in [0.05, 0.1) is 0 Å². The fourth-order valence-corrected chi connectivity index (χ4v) is 1.41. The molecule has 0 aliphatic rings. The first-order chi connectivity index (χ1) is 8.01. The van der Waals surface area contributed by atoms with Crippen LogP contribution >= 0.6 is 0 Å². The molecule has 0 atom stereocenters. The van der Waals surface area contributed by atoms with Crippen LogP contribution < -0.4 is 5.32 Å². The van der Waals surface area contributed by atoms with Gasteiger partial charge in [-0.05, 0) is 38.3 Å². The van der Waals surface area contributed by atoms with Crippen molar-refractivity contribution >= 4 is 6.08 Å². The van der Waals surface area contributed by atoms with Crippen LogP contribution in [-0.4, -0.2) is 17.3 Å². The summed E-state index contributed by atoms with van der Waals surface area (Å²) in [6, 6.07) is 8.48.